The fourth-order valence-corrected chi connectivity index (χ4v) is 3.95. The molecule has 2 amide bonds. The van der Waals surface area contributed by atoms with Crippen LogP contribution >= 0.6 is 0 Å². The van der Waals surface area contributed by atoms with Gasteiger partial charge in [-0.2, -0.15) is 0 Å². The maximum absolute atomic E-state index is 12.5. The summed E-state index contributed by atoms with van der Waals surface area (Å²) in [5.41, 5.74) is 1.31. The van der Waals surface area contributed by atoms with Crippen molar-refractivity contribution in [1.29, 1.82) is 0 Å². The van der Waals surface area contributed by atoms with Crippen molar-refractivity contribution in [1.82, 2.24) is 19.8 Å². The van der Waals surface area contributed by atoms with Gasteiger partial charge < -0.3 is 10.6 Å². The number of amides is 2. The van der Waals surface area contributed by atoms with Gasteiger partial charge in [0.05, 0.1) is 23.8 Å². The zero-order valence-corrected chi connectivity index (χ0v) is 17.9. The van der Waals surface area contributed by atoms with Crippen LogP contribution in [0.4, 0.5) is 5.69 Å². The highest BCUT2D eigenvalue weighted by molar-refractivity contribution is 5.92. The van der Waals surface area contributed by atoms with Gasteiger partial charge in [0.25, 0.3) is 5.56 Å². The van der Waals surface area contributed by atoms with Crippen LogP contribution in [0.25, 0.3) is 10.9 Å². The van der Waals surface area contributed by atoms with Crippen molar-refractivity contribution in [2.45, 2.75) is 31.8 Å². The third-order valence-electron chi connectivity index (χ3n) is 5.69. The molecule has 32 heavy (non-hydrogen) atoms. The van der Waals surface area contributed by atoms with Gasteiger partial charge in [0.1, 0.15) is 0 Å². The van der Waals surface area contributed by atoms with Gasteiger partial charge in [-0.15, -0.1) is 0 Å². The summed E-state index contributed by atoms with van der Waals surface area (Å²) in [6.07, 6.45) is 3.31. The van der Waals surface area contributed by atoms with E-state index in [1.807, 2.05) is 36.4 Å². The van der Waals surface area contributed by atoms with Gasteiger partial charge in [-0.25, -0.2) is 4.98 Å². The summed E-state index contributed by atoms with van der Waals surface area (Å²) in [6, 6.07) is 16.7. The fourth-order valence-electron chi connectivity index (χ4n) is 3.95. The minimum atomic E-state index is -0.134. The molecule has 2 heterocycles. The van der Waals surface area contributed by atoms with Crippen LogP contribution in [0.2, 0.25) is 0 Å². The number of nitrogens with zero attached hydrogens (tertiary/aromatic N) is 3. The third kappa shape index (κ3) is 5.59. The number of hydrogen-bond donors (Lipinski definition) is 2. The van der Waals surface area contributed by atoms with Crippen molar-refractivity contribution < 1.29 is 9.59 Å². The van der Waals surface area contributed by atoms with Gasteiger partial charge in [-0.3, -0.25) is 23.9 Å². The van der Waals surface area contributed by atoms with E-state index in [9.17, 15) is 14.4 Å². The van der Waals surface area contributed by atoms with Crippen LogP contribution in [-0.4, -0.2) is 51.9 Å². The molecule has 8 heteroatoms. The first-order valence-electron chi connectivity index (χ1n) is 10.9. The van der Waals surface area contributed by atoms with Crippen molar-refractivity contribution >= 4 is 28.4 Å². The summed E-state index contributed by atoms with van der Waals surface area (Å²) >= 11 is 0. The highest BCUT2D eigenvalue weighted by Gasteiger charge is 2.22. The van der Waals surface area contributed by atoms with Crippen LogP contribution in [0.1, 0.15) is 19.3 Å². The summed E-state index contributed by atoms with van der Waals surface area (Å²) in [4.78, 5) is 43.5. The Bertz CT molecular complexity index is 1140. The number of para-hydroxylation sites is 2. The van der Waals surface area contributed by atoms with Crippen LogP contribution in [0, 0.1) is 0 Å². The summed E-state index contributed by atoms with van der Waals surface area (Å²) < 4.78 is 1.48. The number of likely N-dealkylation sites (tertiary alicyclic amines) is 1. The number of piperidine rings is 1. The van der Waals surface area contributed by atoms with Gasteiger partial charge in [0.2, 0.25) is 11.8 Å². The number of anilines is 1. The lowest BCUT2D eigenvalue weighted by Gasteiger charge is -2.31. The average molecular weight is 434 g/mol. The van der Waals surface area contributed by atoms with E-state index in [2.05, 4.69) is 20.5 Å². The molecular formula is C24H27N5O3. The van der Waals surface area contributed by atoms with Gasteiger partial charge in [0, 0.05) is 37.8 Å². The maximum Gasteiger partial charge on any atom is 0.261 e. The van der Waals surface area contributed by atoms with E-state index in [1.165, 1.54) is 10.9 Å². The smallest absolute Gasteiger partial charge is 0.261 e. The molecule has 4 rings (SSSR count). The molecule has 0 saturated carbocycles. The Labute approximate surface area is 186 Å². The normalized spacial score (nSPS) is 14.9. The summed E-state index contributed by atoms with van der Waals surface area (Å²) in [5, 5.41) is 6.51. The van der Waals surface area contributed by atoms with Crippen molar-refractivity contribution in [2.75, 3.05) is 25.0 Å². The molecule has 2 N–H and O–H groups in total. The lowest BCUT2D eigenvalue weighted by molar-refractivity contribution is -0.123. The summed E-state index contributed by atoms with van der Waals surface area (Å²) in [6.45, 7) is 2.14. The Morgan fingerprint density at radius 3 is 2.47 bits per heavy atom. The van der Waals surface area contributed by atoms with Crippen molar-refractivity contribution in [3.05, 3.63) is 71.3 Å². The van der Waals surface area contributed by atoms with Gasteiger partial charge >= 0.3 is 0 Å². The Kier molecular flexibility index (Phi) is 6.91. The standard InChI is InChI=1S/C24H27N5O3/c30-22(12-15-29-17-25-21-9-5-4-8-20(21)24(29)32)26-19-10-13-28(14-11-19)16-23(31)27-18-6-2-1-3-7-18/h1-9,17,19H,10-16H2,(H,26,30)(H,27,31). The summed E-state index contributed by atoms with van der Waals surface area (Å²) in [7, 11) is 0. The van der Waals surface area contributed by atoms with Crippen LogP contribution in [0.5, 0.6) is 0 Å². The molecule has 1 aliphatic rings. The lowest BCUT2D eigenvalue weighted by atomic mass is 10.0. The van der Waals surface area contributed by atoms with E-state index in [0.29, 0.717) is 24.0 Å². The molecule has 8 nitrogen and oxygen atoms in total. The number of benzene rings is 2. The van der Waals surface area contributed by atoms with Crippen molar-refractivity contribution in [3.8, 4) is 0 Å². The van der Waals surface area contributed by atoms with Crippen molar-refractivity contribution in [3.63, 3.8) is 0 Å². The van der Waals surface area contributed by atoms with Gasteiger partial charge in [0.15, 0.2) is 0 Å². The van der Waals surface area contributed by atoms with Crippen molar-refractivity contribution in [2.24, 2.45) is 0 Å². The number of hydrogen-bond acceptors (Lipinski definition) is 5. The minimum absolute atomic E-state index is 0.0341. The lowest BCUT2D eigenvalue weighted by Crippen LogP contribution is -2.46. The maximum atomic E-state index is 12.5. The molecule has 1 saturated heterocycles. The minimum Gasteiger partial charge on any atom is -0.353 e. The van der Waals surface area contributed by atoms with Gasteiger partial charge in [-0.1, -0.05) is 30.3 Å². The molecule has 1 fully saturated rings. The zero-order chi connectivity index (χ0) is 22.3. The number of carbonyl (C=O) groups excluding carboxylic acids is 2. The van der Waals surface area contributed by atoms with E-state index < -0.39 is 0 Å². The molecule has 0 atom stereocenters. The first-order chi connectivity index (χ1) is 15.6. The van der Waals surface area contributed by atoms with Gasteiger partial charge in [-0.05, 0) is 37.1 Å². The number of fused-ring (bicyclic) bond motifs is 1. The van der Waals surface area contributed by atoms with Crippen LogP contribution in [0.15, 0.2) is 65.7 Å². The van der Waals surface area contributed by atoms with Crippen LogP contribution in [-0.2, 0) is 16.1 Å². The molecular weight excluding hydrogens is 406 g/mol. The second-order valence-electron chi connectivity index (χ2n) is 8.04. The quantitative estimate of drug-likeness (QED) is 0.594. The molecule has 0 aliphatic carbocycles. The average Bonchev–Trinajstić information content (AvgIpc) is 2.81. The third-order valence-corrected chi connectivity index (χ3v) is 5.69. The summed E-state index contributed by atoms with van der Waals surface area (Å²) in [5.74, 6) is -0.113. The molecule has 2 aromatic carbocycles. The molecule has 0 spiro atoms. The predicted octanol–water partition coefficient (Wildman–Crippen LogP) is 2.01. The first-order valence-corrected chi connectivity index (χ1v) is 10.9. The topological polar surface area (TPSA) is 96.3 Å². The largest absolute Gasteiger partial charge is 0.353 e. The molecule has 0 radical (unpaired) electrons. The zero-order valence-electron chi connectivity index (χ0n) is 17.9. The van der Waals surface area contributed by atoms with E-state index in [-0.39, 0.29) is 29.8 Å². The molecule has 166 valence electrons. The van der Waals surface area contributed by atoms with E-state index in [1.54, 1.807) is 18.2 Å². The van der Waals surface area contributed by atoms with E-state index in [4.69, 9.17) is 0 Å². The second-order valence-corrected chi connectivity index (χ2v) is 8.04. The molecule has 0 unspecified atom stereocenters. The predicted molar refractivity (Wildman–Crippen MR) is 123 cm³/mol. The number of aromatic nitrogens is 2. The number of aryl methyl sites for hydroxylation is 1. The van der Waals surface area contributed by atoms with E-state index in [0.717, 1.165) is 31.6 Å². The number of carbonyl (C=O) groups is 2. The Hall–Kier alpha value is -3.52. The number of nitrogens with one attached hydrogen (secondary N) is 2. The second kappa shape index (κ2) is 10.2. The van der Waals surface area contributed by atoms with E-state index >= 15 is 0 Å². The first kappa shape index (κ1) is 21.7. The molecule has 3 aromatic rings. The molecule has 1 aromatic heterocycles. The Morgan fingerprint density at radius 2 is 1.69 bits per heavy atom. The SMILES string of the molecule is O=C(CN1CCC(NC(=O)CCn2cnc3ccccc3c2=O)CC1)Nc1ccccc1. The molecule has 1 aliphatic heterocycles. The fraction of sp³-hybridized carbons (Fsp3) is 0.333. The Balaban J connectivity index is 1.20. The van der Waals surface area contributed by atoms with Crippen LogP contribution in [0.3, 0.4) is 0 Å². The number of rotatable bonds is 7. The molecule has 0 bridgehead atoms. The van der Waals surface area contributed by atoms with Crippen LogP contribution < -0.4 is 16.2 Å². The highest BCUT2D eigenvalue weighted by Crippen LogP contribution is 2.12. The Morgan fingerprint density at radius 1 is 0.969 bits per heavy atom. The monoisotopic (exact) mass is 433 g/mol. The highest BCUT2D eigenvalue weighted by atomic mass is 16.2.